The van der Waals surface area contributed by atoms with Crippen LogP contribution in [0.2, 0.25) is 0 Å². The number of carbonyl (C=O) groups is 2. The molecule has 0 aliphatic carbocycles. The van der Waals surface area contributed by atoms with Crippen LogP contribution in [0.15, 0.2) is 23.3 Å². The predicted octanol–water partition coefficient (Wildman–Crippen LogP) is 0.611. The molecule has 0 atom stereocenters. The van der Waals surface area contributed by atoms with Crippen LogP contribution in [0.25, 0.3) is 0 Å². The van der Waals surface area contributed by atoms with E-state index in [2.05, 4.69) is 11.4 Å². The van der Waals surface area contributed by atoms with E-state index >= 15 is 0 Å². The zero-order chi connectivity index (χ0) is 11.5. The standard InChI is InChI=1S/C12H16N2O2/c1-9-8-11(15)14(12(9)16)7-4-10-2-5-13-6-3-10/h2,8,13H,3-7H2,1H3. The average molecular weight is 220 g/mol. The Balaban J connectivity index is 1.89. The van der Waals surface area contributed by atoms with Crippen molar-refractivity contribution in [3.63, 3.8) is 0 Å². The van der Waals surface area contributed by atoms with Crippen LogP contribution in [-0.4, -0.2) is 36.3 Å². The lowest BCUT2D eigenvalue weighted by Gasteiger charge is -2.18. The van der Waals surface area contributed by atoms with Crippen molar-refractivity contribution in [3.8, 4) is 0 Å². The molecule has 0 radical (unpaired) electrons. The van der Waals surface area contributed by atoms with Gasteiger partial charge in [0.2, 0.25) is 0 Å². The lowest BCUT2D eigenvalue weighted by molar-refractivity contribution is -0.137. The zero-order valence-electron chi connectivity index (χ0n) is 9.45. The van der Waals surface area contributed by atoms with E-state index in [0.29, 0.717) is 12.1 Å². The lowest BCUT2D eigenvalue weighted by Crippen LogP contribution is -2.32. The summed E-state index contributed by atoms with van der Waals surface area (Å²) in [6.07, 6.45) is 5.39. The molecule has 4 heteroatoms. The first-order valence-electron chi connectivity index (χ1n) is 5.61. The lowest BCUT2D eigenvalue weighted by atomic mass is 10.1. The summed E-state index contributed by atoms with van der Waals surface area (Å²) in [6, 6.07) is 0. The van der Waals surface area contributed by atoms with Crippen LogP contribution in [0, 0.1) is 0 Å². The molecule has 2 aliphatic heterocycles. The van der Waals surface area contributed by atoms with Gasteiger partial charge in [0.25, 0.3) is 11.8 Å². The van der Waals surface area contributed by atoms with Gasteiger partial charge in [0, 0.05) is 24.7 Å². The van der Waals surface area contributed by atoms with Crippen molar-refractivity contribution in [2.75, 3.05) is 19.6 Å². The summed E-state index contributed by atoms with van der Waals surface area (Å²) in [7, 11) is 0. The maximum atomic E-state index is 11.6. The molecule has 0 bridgehead atoms. The number of amides is 2. The zero-order valence-corrected chi connectivity index (χ0v) is 9.45. The Labute approximate surface area is 95.0 Å². The maximum absolute atomic E-state index is 11.6. The highest BCUT2D eigenvalue weighted by atomic mass is 16.2. The highest BCUT2D eigenvalue weighted by Gasteiger charge is 2.27. The van der Waals surface area contributed by atoms with Gasteiger partial charge >= 0.3 is 0 Å². The Morgan fingerprint density at radius 3 is 2.81 bits per heavy atom. The van der Waals surface area contributed by atoms with Gasteiger partial charge in [-0.3, -0.25) is 14.5 Å². The van der Waals surface area contributed by atoms with E-state index < -0.39 is 0 Å². The SMILES string of the molecule is CC1=CC(=O)N(CCC2=CCNCC2)C1=O. The molecule has 0 unspecified atom stereocenters. The number of imide groups is 1. The molecule has 2 rings (SSSR count). The Hall–Kier alpha value is -1.42. The molecule has 4 nitrogen and oxygen atoms in total. The van der Waals surface area contributed by atoms with Crippen molar-refractivity contribution in [2.24, 2.45) is 0 Å². The fraction of sp³-hybridized carbons (Fsp3) is 0.500. The monoisotopic (exact) mass is 220 g/mol. The molecule has 0 aromatic rings. The number of carbonyl (C=O) groups excluding carboxylic acids is 2. The molecule has 0 saturated carbocycles. The van der Waals surface area contributed by atoms with Crippen LogP contribution in [0.5, 0.6) is 0 Å². The molecule has 2 amide bonds. The van der Waals surface area contributed by atoms with Gasteiger partial charge in [0.15, 0.2) is 0 Å². The second kappa shape index (κ2) is 4.61. The van der Waals surface area contributed by atoms with Crippen LogP contribution in [0.4, 0.5) is 0 Å². The van der Waals surface area contributed by atoms with E-state index in [1.165, 1.54) is 16.5 Å². The van der Waals surface area contributed by atoms with Crippen molar-refractivity contribution in [1.29, 1.82) is 0 Å². The van der Waals surface area contributed by atoms with Crippen molar-refractivity contribution in [3.05, 3.63) is 23.3 Å². The number of nitrogens with one attached hydrogen (secondary N) is 1. The first kappa shape index (κ1) is 11.1. The number of hydrogen-bond donors (Lipinski definition) is 1. The maximum Gasteiger partial charge on any atom is 0.256 e. The molecular formula is C12H16N2O2. The van der Waals surface area contributed by atoms with E-state index in [4.69, 9.17) is 0 Å². The Bertz CT molecular complexity index is 382. The first-order valence-corrected chi connectivity index (χ1v) is 5.61. The number of nitrogens with zero attached hydrogens (tertiary/aromatic N) is 1. The molecule has 0 fully saturated rings. The van der Waals surface area contributed by atoms with Crippen molar-refractivity contribution in [1.82, 2.24) is 10.2 Å². The molecule has 86 valence electrons. The van der Waals surface area contributed by atoms with Gasteiger partial charge in [-0.2, -0.15) is 0 Å². The normalized spacial score (nSPS) is 21.2. The molecular weight excluding hydrogens is 204 g/mol. The summed E-state index contributed by atoms with van der Waals surface area (Å²) in [4.78, 5) is 24.4. The van der Waals surface area contributed by atoms with Gasteiger partial charge in [0.05, 0.1) is 0 Å². The van der Waals surface area contributed by atoms with Crippen LogP contribution >= 0.6 is 0 Å². The highest BCUT2D eigenvalue weighted by Crippen LogP contribution is 2.15. The topological polar surface area (TPSA) is 49.4 Å². The molecule has 0 spiro atoms. The summed E-state index contributed by atoms with van der Waals surface area (Å²) in [5.41, 5.74) is 1.88. The van der Waals surface area contributed by atoms with Crippen LogP contribution in [0.3, 0.4) is 0 Å². The van der Waals surface area contributed by atoms with Crippen LogP contribution in [-0.2, 0) is 9.59 Å². The molecule has 16 heavy (non-hydrogen) atoms. The summed E-state index contributed by atoms with van der Waals surface area (Å²) in [5.74, 6) is -0.309. The van der Waals surface area contributed by atoms with E-state index in [1.807, 2.05) is 0 Å². The predicted molar refractivity (Wildman–Crippen MR) is 60.7 cm³/mol. The van der Waals surface area contributed by atoms with E-state index in [1.54, 1.807) is 6.92 Å². The van der Waals surface area contributed by atoms with E-state index in [0.717, 1.165) is 25.9 Å². The summed E-state index contributed by atoms with van der Waals surface area (Å²) >= 11 is 0. The van der Waals surface area contributed by atoms with Gasteiger partial charge in [-0.15, -0.1) is 0 Å². The third-order valence-corrected chi connectivity index (χ3v) is 3.00. The smallest absolute Gasteiger partial charge is 0.256 e. The summed E-state index contributed by atoms with van der Waals surface area (Å²) in [5, 5.41) is 3.23. The van der Waals surface area contributed by atoms with Crippen molar-refractivity contribution < 1.29 is 9.59 Å². The Morgan fingerprint density at radius 2 is 2.25 bits per heavy atom. The third kappa shape index (κ3) is 2.22. The quantitative estimate of drug-likeness (QED) is 0.560. The van der Waals surface area contributed by atoms with Crippen LogP contribution in [0.1, 0.15) is 19.8 Å². The van der Waals surface area contributed by atoms with Gasteiger partial charge in [-0.1, -0.05) is 11.6 Å². The minimum atomic E-state index is -0.169. The molecule has 0 aromatic heterocycles. The second-order valence-electron chi connectivity index (χ2n) is 4.19. The fourth-order valence-electron chi connectivity index (χ4n) is 2.00. The molecule has 0 saturated heterocycles. The largest absolute Gasteiger partial charge is 0.313 e. The van der Waals surface area contributed by atoms with Gasteiger partial charge in [-0.05, 0) is 26.3 Å². The second-order valence-corrected chi connectivity index (χ2v) is 4.19. The Kier molecular flexibility index (Phi) is 3.19. The minimum absolute atomic E-state index is 0.139. The molecule has 0 aromatic carbocycles. The van der Waals surface area contributed by atoms with Crippen LogP contribution < -0.4 is 5.32 Å². The van der Waals surface area contributed by atoms with E-state index in [9.17, 15) is 9.59 Å². The van der Waals surface area contributed by atoms with Gasteiger partial charge in [-0.25, -0.2) is 0 Å². The molecule has 2 heterocycles. The third-order valence-electron chi connectivity index (χ3n) is 3.00. The van der Waals surface area contributed by atoms with Gasteiger partial charge < -0.3 is 5.32 Å². The van der Waals surface area contributed by atoms with Crippen molar-refractivity contribution in [2.45, 2.75) is 19.8 Å². The fourth-order valence-corrected chi connectivity index (χ4v) is 2.00. The number of hydrogen-bond acceptors (Lipinski definition) is 3. The van der Waals surface area contributed by atoms with Gasteiger partial charge in [0.1, 0.15) is 0 Å². The number of rotatable bonds is 3. The highest BCUT2D eigenvalue weighted by molar-refractivity contribution is 6.15. The van der Waals surface area contributed by atoms with E-state index in [-0.39, 0.29) is 11.8 Å². The minimum Gasteiger partial charge on any atom is -0.313 e. The van der Waals surface area contributed by atoms with Crippen molar-refractivity contribution >= 4 is 11.8 Å². The summed E-state index contributed by atoms with van der Waals surface area (Å²) < 4.78 is 0. The Morgan fingerprint density at radius 1 is 1.44 bits per heavy atom. The first-order chi connectivity index (χ1) is 7.68. The average Bonchev–Trinajstić information content (AvgIpc) is 2.53. The molecule has 1 N–H and O–H groups in total. The summed E-state index contributed by atoms with van der Waals surface area (Å²) in [6.45, 7) is 4.08. The molecule has 2 aliphatic rings.